The molecule has 8 heteroatoms. The van der Waals surface area contributed by atoms with Crippen molar-refractivity contribution in [1.82, 2.24) is 19.8 Å². The first-order valence-corrected chi connectivity index (χ1v) is 8.14. The van der Waals surface area contributed by atoms with Crippen LogP contribution in [-0.2, 0) is 0 Å². The maximum atomic E-state index is 12.4. The molecule has 1 aliphatic rings. The molecule has 1 saturated heterocycles. The zero-order chi connectivity index (χ0) is 17.1. The van der Waals surface area contributed by atoms with E-state index in [0.717, 1.165) is 0 Å². The number of aromatic nitrogens is 2. The highest BCUT2D eigenvalue weighted by molar-refractivity contribution is 6.29. The minimum Gasteiger partial charge on any atom is -0.334 e. The van der Waals surface area contributed by atoms with Crippen molar-refractivity contribution < 1.29 is 9.59 Å². The summed E-state index contributed by atoms with van der Waals surface area (Å²) in [4.78, 5) is 36.2. The van der Waals surface area contributed by atoms with Gasteiger partial charge in [-0.25, -0.2) is 9.97 Å². The fourth-order valence-corrected chi connectivity index (χ4v) is 2.82. The highest BCUT2D eigenvalue weighted by Crippen LogP contribution is 2.13. The fourth-order valence-electron chi connectivity index (χ4n) is 2.49. The number of hydrogen-bond acceptors (Lipinski definition) is 4. The van der Waals surface area contributed by atoms with E-state index in [1.54, 1.807) is 46.2 Å². The summed E-state index contributed by atoms with van der Waals surface area (Å²) in [5.74, 6) is -0.379. The van der Waals surface area contributed by atoms with E-state index in [0.29, 0.717) is 37.6 Å². The number of amides is 2. The first kappa shape index (κ1) is 16.7. The maximum absolute atomic E-state index is 12.4. The van der Waals surface area contributed by atoms with E-state index in [2.05, 4.69) is 9.97 Å². The molecule has 0 saturated carbocycles. The van der Waals surface area contributed by atoms with Gasteiger partial charge in [-0.15, -0.1) is 0 Å². The van der Waals surface area contributed by atoms with Crippen LogP contribution in [0.15, 0.2) is 36.4 Å². The van der Waals surface area contributed by atoms with Crippen LogP contribution in [0, 0.1) is 0 Å². The van der Waals surface area contributed by atoms with Crippen molar-refractivity contribution >= 4 is 35.0 Å². The van der Waals surface area contributed by atoms with Crippen molar-refractivity contribution in [2.45, 2.75) is 0 Å². The Bertz CT molecular complexity index is 711. The molecule has 0 atom stereocenters. The number of carbonyl (C=O) groups is 2. The average Bonchev–Trinajstić information content (AvgIpc) is 2.60. The molecule has 3 heterocycles. The Morgan fingerprint density at radius 1 is 0.750 bits per heavy atom. The van der Waals surface area contributed by atoms with Crippen LogP contribution in [-0.4, -0.2) is 57.8 Å². The maximum Gasteiger partial charge on any atom is 0.272 e. The Labute approximate surface area is 149 Å². The summed E-state index contributed by atoms with van der Waals surface area (Å²) in [5, 5.41) is 0.559. The molecule has 24 heavy (non-hydrogen) atoms. The van der Waals surface area contributed by atoms with Gasteiger partial charge in [0.2, 0.25) is 0 Å². The molecule has 2 aromatic rings. The lowest BCUT2D eigenvalue weighted by Gasteiger charge is -2.34. The first-order chi connectivity index (χ1) is 11.5. The smallest absolute Gasteiger partial charge is 0.272 e. The molecule has 0 aromatic carbocycles. The molecular formula is C16H14Cl2N4O2. The number of hydrogen-bond donors (Lipinski definition) is 0. The Balaban J connectivity index is 1.63. The molecule has 0 N–H and O–H groups in total. The lowest BCUT2D eigenvalue weighted by molar-refractivity contribution is 0.0529. The quantitative estimate of drug-likeness (QED) is 0.767. The van der Waals surface area contributed by atoms with Gasteiger partial charge in [0.15, 0.2) is 0 Å². The predicted molar refractivity (Wildman–Crippen MR) is 90.3 cm³/mol. The Hall–Kier alpha value is -2.18. The van der Waals surface area contributed by atoms with E-state index < -0.39 is 0 Å². The summed E-state index contributed by atoms with van der Waals surface area (Å²) in [6, 6.07) is 9.86. The number of pyridine rings is 2. The van der Waals surface area contributed by atoms with Gasteiger partial charge < -0.3 is 9.80 Å². The molecule has 1 fully saturated rings. The normalized spacial score (nSPS) is 14.6. The van der Waals surface area contributed by atoms with Gasteiger partial charge in [0.25, 0.3) is 11.8 Å². The van der Waals surface area contributed by atoms with Crippen molar-refractivity contribution in [3.63, 3.8) is 0 Å². The number of halogens is 2. The van der Waals surface area contributed by atoms with E-state index in [-0.39, 0.29) is 22.1 Å². The summed E-state index contributed by atoms with van der Waals surface area (Å²) >= 11 is 11.6. The van der Waals surface area contributed by atoms with Gasteiger partial charge in [0.1, 0.15) is 21.7 Å². The van der Waals surface area contributed by atoms with Crippen molar-refractivity contribution in [2.75, 3.05) is 26.2 Å². The van der Waals surface area contributed by atoms with Crippen LogP contribution in [0.2, 0.25) is 10.3 Å². The SMILES string of the molecule is O=C(c1cccc(Cl)n1)N1CCN(C(=O)c2cccc(Cl)n2)CC1. The van der Waals surface area contributed by atoms with E-state index in [4.69, 9.17) is 23.2 Å². The zero-order valence-electron chi connectivity index (χ0n) is 12.7. The van der Waals surface area contributed by atoms with Crippen LogP contribution in [0.4, 0.5) is 0 Å². The van der Waals surface area contributed by atoms with Crippen LogP contribution in [0.1, 0.15) is 21.0 Å². The topological polar surface area (TPSA) is 66.4 Å². The lowest BCUT2D eigenvalue weighted by Crippen LogP contribution is -2.50. The number of carbonyl (C=O) groups excluding carboxylic acids is 2. The highest BCUT2D eigenvalue weighted by Gasteiger charge is 2.26. The van der Waals surface area contributed by atoms with Crippen molar-refractivity contribution in [2.24, 2.45) is 0 Å². The standard InChI is InChI=1S/C16H14Cl2N4O2/c17-13-5-1-3-11(19-13)15(23)21-7-9-22(10-8-21)16(24)12-4-2-6-14(18)20-12/h1-6H,7-10H2. The molecule has 0 unspecified atom stereocenters. The molecule has 0 aliphatic carbocycles. The summed E-state index contributed by atoms with van der Waals surface area (Å²) in [7, 11) is 0. The van der Waals surface area contributed by atoms with Crippen molar-refractivity contribution in [3.8, 4) is 0 Å². The number of rotatable bonds is 2. The molecule has 124 valence electrons. The minimum atomic E-state index is -0.189. The summed E-state index contributed by atoms with van der Waals surface area (Å²) in [5.41, 5.74) is 0.609. The Morgan fingerprint density at radius 2 is 1.12 bits per heavy atom. The third kappa shape index (κ3) is 3.66. The Kier molecular flexibility index (Phi) is 4.97. The van der Waals surface area contributed by atoms with Crippen LogP contribution < -0.4 is 0 Å². The minimum absolute atomic E-state index is 0.189. The van der Waals surface area contributed by atoms with E-state index >= 15 is 0 Å². The Morgan fingerprint density at radius 3 is 1.46 bits per heavy atom. The third-order valence-corrected chi connectivity index (χ3v) is 4.14. The molecular weight excluding hydrogens is 351 g/mol. The molecule has 2 aromatic heterocycles. The fraction of sp³-hybridized carbons (Fsp3) is 0.250. The largest absolute Gasteiger partial charge is 0.334 e. The van der Waals surface area contributed by atoms with Gasteiger partial charge in [-0.05, 0) is 24.3 Å². The van der Waals surface area contributed by atoms with Crippen molar-refractivity contribution in [3.05, 3.63) is 58.1 Å². The zero-order valence-corrected chi connectivity index (χ0v) is 14.2. The van der Waals surface area contributed by atoms with E-state index in [9.17, 15) is 9.59 Å². The summed E-state index contributed by atoms with van der Waals surface area (Å²) in [6.45, 7) is 1.72. The molecule has 0 radical (unpaired) electrons. The predicted octanol–water partition coefficient (Wildman–Crippen LogP) is 2.38. The van der Waals surface area contributed by atoms with Gasteiger partial charge in [0, 0.05) is 26.2 Å². The average molecular weight is 365 g/mol. The van der Waals surface area contributed by atoms with Gasteiger partial charge >= 0.3 is 0 Å². The van der Waals surface area contributed by atoms with Crippen LogP contribution in [0.5, 0.6) is 0 Å². The van der Waals surface area contributed by atoms with Gasteiger partial charge in [-0.1, -0.05) is 35.3 Å². The third-order valence-electron chi connectivity index (χ3n) is 3.72. The van der Waals surface area contributed by atoms with Gasteiger partial charge in [-0.3, -0.25) is 9.59 Å². The van der Waals surface area contributed by atoms with Crippen LogP contribution in [0.25, 0.3) is 0 Å². The van der Waals surface area contributed by atoms with E-state index in [1.165, 1.54) is 0 Å². The highest BCUT2D eigenvalue weighted by atomic mass is 35.5. The molecule has 2 amide bonds. The molecule has 1 aliphatic heterocycles. The second-order valence-corrected chi connectivity index (χ2v) is 6.05. The summed E-state index contributed by atoms with van der Waals surface area (Å²) in [6.07, 6.45) is 0. The second-order valence-electron chi connectivity index (χ2n) is 5.28. The lowest BCUT2D eigenvalue weighted by atomic mass is 10.2. The summed E-state index contributed by atoms with van der Waals surface area (Å²) < 4.78 is 0. The molecule has 0 bridgehead atoms. The van der Waals surface area contributed by atoms with Crippen molar-refractivity contribution in [1.29, 1.82) is 0 Å². The molecule has 0 spiro atoms. The molecule has 6 nitrogen and oxygen atoms in total. The molecule has 3 rings (SSSR count). The van der Waals surface area contributed by atoms with Gasteiger partial charge in [0.05, 0.1) is 0 Å². The van der Waals surface area contributed by atoms with Crippen LogP contribution in [0.3, 0.4) is 0 Å². The number of nitrogens with zero attached hydrogens (tertiary/aromatic N) is 4. The monoisotopic (exact) mass is 364 g/mol. The number of piperazine rings is 1. The first-order valence-electron chi connectivity index (χ1n) is 7.38. The van der Waals surface area contributed by atoms with Crippen LogP contribution >= 0.6 is 23.2 Å². The van der Waals surface area contributed by atoms with E-state index in [1.807, 2.05) is 0 Å². The van der Waals surface area contributed by atoms with Gasteiger partial charge in [-0.2, -0.15) is 0 Å². The second kappa shape index (κ2) is 7.15.